The van der Waals surface area contributed by atoms with E-state index in [1.165, 1.54) is 5.56 Å². The van der Waals surface area contributed by atoms with Gasteiger partial charge in [0.25, 0.3) is 0 Å². The van der Waals surface area contributed by atoms with E-state index in [9.17, 15) is 4.79 Å². The molecule has 0 unspecified atom stereocenters. The number of benzene rings is 1. The largest absolute Gasteiger partial charge is 0.308 e. The number of hydrazine groups is 1. The third-order valence-electron chi connectivity index (χ3n) is 3.47. The smallest absolute Gasteiger partial charge is 0.227 e. The molecule has 0 atom stereocenters. The van der Waals surface area contributed by atoms with Crippen LogP contribution >= 0.6 is 0 Å². The number of nitrogens with zero attached hydrogens (tertiary/aromatic N) is 2. The molecule has 20 heavy (non-hydrogen) atoms. The Morgan fingerprint density at radius 2 is 2.00 bits per heavy atom. The zero-order chi connectivity index (χ0) is 13.9. The summed E-state index contributed by atoms with van der Waals surface area (Å²) in [6, 6.07) is 13.6. The molecular weight excluding hydrogens is 252 g/mol. The number of nitrogens with two attached hydrogens (primary N) is 1. The van der Waals surface area contributed by atoms with Gasteiger partial charge < -0.3 is 10.3 Å². The second-order valence-corrected chi connectivity index (χ2v) is 4.77. The minimum absolute atomic E-state index is 0.136. The van der Waals surface area contributed by atoms with Gasteiger partial charge in [0.05, 0.1) is 12.2 Å². The van der Waals surface area contributed by atoms with E-state index >= 15 is 0 Å². The molecule has 0 radical (unpaired) electrons. The van der Waals surface area contributed by atoms with Gasteiger partial charge in [0, 0.05) is 12.1 Å². The molecule has 1 aliphatic heterocycles. The number of aromatic nitrogens is 1. The van der Waals surface area contributed by atoms with Crippen molar-refractivity contribution in [2.24, 2.45) is 5.84 Å². The number of amides is 1. The molecule has 0 saturated carbocycles. The molecule has 1 amide bonds. The predicted molar refractivity (Wildman–Crippen MR) is 78.0 cm³/mol. The Balaban J connectivity index is 1.91. The second kappa shape index (κ2) is 5.30. The molecule has 1 aromatic carbocycles. The highest BCUT2D eigenvalue weighted by molar-refractivity contribution is 5.96. The summed E-state index contributed by atoms with van der Waals surface area (Å²) in [5.74, 6) is 6.10. The van der Waals surface area contributed by atoms with Crippen LogP contribution in [0.3, 0.4) is 0 Å². The lowest BCUT2D eigenvalue weighted by atomic mass is 10.0. The lowest BCUT2D eigenvalue weighted by Crippen LogP contribution is -2.34. The first-order chi connectivity index (χ1) is 9.78. The molecule has 3 N–H and O–H groups in total. The highest BCUT2D eigenvalue weighted by atomic mass is 16.2. The minimum Gasteiger partial charge on any atom is -0.308 e. The normalized spacial score (nSPS) is 14.1. The monoisotopic (exact) mass is 268 g/mol. The molecule has 0 bridgehead atoms. The van der Waals surface area contributed by atoms with E-state index in [0.717, 1.165) is 17.8 Å². The molecule has 0 fully saturated rings. The van der Waals surface area contributed by atoms with Crippen LogP contribution in [0.5, 0.6) is 0 Å². The second-order valence-electron chi connectivity index (χ2n) is 4.77. The van der Waals surface area contributed by atoms with Crippen LogP contribution in [0.4, 0.5) is 11.5 Å². The van der Waals surface area contributed by atoms with Gasteiger partial charge in [-0.05, 0) is 30.2 Å². The van der Waals surface area contributed by atoms with Crippen LogP contribution in [-0.2, 0) is 17.8 Å². The van der Waals surface area contributed by atoms with Gasteiger partial charge in [-0.25, -0.2) is 10.8 Å². The quantitative estimate of drug-likeness (QED) is 0.658. The summed E-state index contributed by atoms with van der Waals surface area (Å²) in [7, 11) is 0. The summed E-state index contributed by atoms with van der Waals surface area (Å²) >= 11 is 0. The molecule has 5 nitrogen and oxygen atoms in total. The Bertz CT molecular complexity index is 641. The molecule has 2 aromatic rings. The Labute approximate surface area is 117 Å². The number of pyridine rings is 1. The zero-order valence-corrected chi connectivity index (χ0v) is 11.0. The summed E-state index contributed by atoms with van der Waals surface area (Å²) in [6.07, 6.45) is 1.36. The van der Waals surface area contributed by atoms with Gasteiger partial charge in [-0.1, -0.05) is 24.3 Å². The number of carbonyl (C=O) groups is 1. The van der Waals surface area contributed by atoms with E-state index in [-0.39, 0.29) is 5.91 Å². The minimum atomic E-state index is 0.136. The van der Waals surface area contributed by atoms with Crippen molar-refractivity contribution in [1.82, 2.24) is 4.98 Å². The molecule has 0 saturated heterocycles. The van der Waals surface area contributed by atoms with Crippen molar-refractivity contribution >= 4 is 17.4 Å². The fourth-order valence-corrected chi connectivity index (χ4v) is 2.48. The van der Waals surface area contributed by atoms with E-state index in [4.69, 9.17) is 5.84 Å². The molecule has 1 aromatic heterocycles. The topological polar surface area (TPSA) is 71.2 Å². The Morgan fingerprint density at radius 1 is 1.15 bits per heavy atom. The van der Waals surface area contributed by atoms with Crippen molar-refractivity contribution in [1.29, 1.82) is 0 Å². The Morgan fingerprint density at radius 3 is 2.85 bits per heavy atom. The summed E-state index contributed by atoms with van der Waals surface area (Å²) < 4.78 is 0. The van der Waals surface area contributed by atoms with Crippen molar-refractivity contribution < 1.29 is 4.79 Å². The van der Waals surface area contributed by atoms with Gasteiger partial charge in [-0.3, -0.25) is 4.79 Å². The highest BCUT2D eigenvalue weighted by Gasteiger charge is 2.24. The van der Waals surface area contributed by atoms with Crippen molar-refractivity contribution in [3.8, 4) is 0 Å². The first-order valence-corrected chi connectivity index (χ1v) is 6.59. The van der Waals surface area contributed by atoms with Gasteiger partial charge in [-0.2, -0.15) is 0 Å². The van der Waals surface area contributed by atoms with E-state index in [1.807, 2.05) is 30.3 Å². The summed E-state index contributed by atoms with van der Waals surface area (Å²) in [5, 5.41) is 0. The van der Waals surface area contributed by atoms with Crippen LogP contribution < -0.4 is 16.2 Å². The van der Waals surface area contributed by atoms with Gasteiger partial charge in [0.1, 0.15) is 5.82 Å². The Kier molecular flexibility index (Phi) is 3.35. The van der Waals surface area contributed by atoms with Gasteiger partial charge >= 0.3 is 0 Å². The number of anilines is 2. The summed E-state index contributed by atoms with van der Waals surface area (Å²) in [5.41, 5.74) is 5.52. The number of aryl methyl sites for hydroxylation is 1. The first kappa shape index (κ1) is 12.6. The van der Waals surface area contributed by atoms with Crippen LogP contribution in [0.2, 0.25) is 0 Å². The summed E-state index contributed by atoms with van der Waals surface area (Å²) in [4.78, 5) is 18.3. The fourth-order valence-electron chi connectivity index (χ4n) is 2.48. The number of rotatable bonds is 3. The van der Waals surface area contributed by atoms with E-state index in [2.05, 4.69) is 16.5 Å². The lowest BCUT2D eigenvalue weighted by Gasteiger charge is -2.29. The Hall–Kier alpha value is -2.40. The number of nitrogens with one attached hydrogen (secondary N) is 1. The van der Waals surface area contributed by atoms with Crippen LogP contribution in [-0.4, -0.2) is 10.9 Å². The highest BCUT2D eigenvalue weighted by Crippen LogP contribution is 2.28. The van der Waals surface area contributed by atoms with Crippen LogP contribution in [0.25, 0.3) is 0 Å². The molecule has 0 spiro atoms. The van der Waals surface area contributed by atoms with E-state index in [1.54, 1.807) is 11.0 Å². The van der Waals surface area contributed by atoms with Gasteiger partial charge in [0.15, 0.2) is 0 Å². The average molecular weight is 268 g/mol. The molecule has 2 heterocycles. The van der Waals surface area contributed by atoms with E-state index in [0.29, 0.717) is 18.8 Å². The van der Waals surface area contributed by atoms with Crippen LogP contribution in [0.15, 0.2) is 42.5 Å². The maximum Gasteiger partial charge on any atom is 0.227 e. The van der Waals surface area contributed by atoms with Crippen molar-refractivity contribution in [3.05, 3.63) is 53.7 Å². The third-order valence-corrected chi connectivity index (χ3v) is 3.47. The fraction of sp³-hybridized carbons (Fsp3) is 0.200. The van der Waals surface area contributed by atoms with Crippen molar-refractivity contribution in [2.75, 3.05) is 10.3 Å². The number of hydrogen-bond donors (Lipinski definition) is 2. The van der Waals surface area contributed by atoms with Crippen molar-refractivity contribution in [3.63, 3.8) is 0 Å². The first-order valence-electron chi connectivity index (χ1n) is 6.59. The van der Waals surface area contributed by atoms with E-state index < -0.39 is 0 Å². The number of nitrogen functional groups attached to an aromatic ring is 1. The molecule has 3 rings (SSSR count). The van der Waals surface area contributed by atoms with Crippen molar-refractivity contribution in [2.45, 2.75) is 19.4 Å². The third kappa shape index (κ3) is 2.35. The van der Waals surface area contributed by atoms with Gasteiger partial charge in [-0.15, -0.1) is 0 Å². The molecular formula is C15H16N4O. The number of hydrogen-bond acceptors (Lipinski definition) is 4. The molecule has 0 aliphatic carbocycles. The maximum absolute atomic E-state index is 12.2. The maximum atomic E-state index is 12.2. The summed E-state index contributed by atoms with van der Waals surface area (Å²) in [6.45, 7) is 0.464. The average Bonchev–Trinajstić information content (AvgIpc) is 2.50. The van der Waals surface area contributed by atoms with Crippen LogP contribution in [0.1, 0.15) is 17.7 Å². The molecule has 1 aliphatic rings. The molecule has 102 valence electrons. The zero-order valence-electron chi connectivity index (χ0n) is 11.0. The lowest BCUT2D eigenvalue weighted by molar-refractivity contribution is -0.119. The SMILES string of the molecule is NNc1cccc(CN2C(=O)CCc3ccccc32)n1. The number of para-hydroxylation sites is 1. The van der Waals surface area contributed by atoms with Gasteiger partial charge in [0.2, 0.25) is 5.91 Å². The number of fused-ring (bicyclic) bond motifs is 1. The standard InChI is InChI=1S/C15H16N4O/c16-18-14-7-3-5-12(17-14)10-19-13-6-2-1-4-11(13)8-9-15(19)20/h1-7H,8-10,16H2,(H,17,18). The predicted octanol–water partition coefficient (Wildman–Crippen LogP) is 1.85. The molecule has 5 heteroatoms. The van der Waals surface area contributed by atoms with Crippen LogP contribution in [0, 0.1) is 0 Å². The number of carbonyl (C=O) groups excluding carboxylic acids is 1.